The number of nitrogens with two attached hydrogens (primary N) is 1. The maximum atomic E-state index is 5.35. The lowest BCUT2D eigenvalue weighted by atomic mass is 10.2. The minimum atomic E-state index is 0.743. The number of rotatable bonds is 3. The summed E-state index contributed by atoms with van der Waals surface area (Å²) in [4.78, 5) is 6.92. The van der Waals surface area contributed by atoms with E-state index in [9.17, 15) is 0 Å². The quantitative estimate of drug-likeness (QED) is 0.602. The molecular weight excluding hydrogens is 200 g/mol. The van der Waals surface area contributed by atoms with Gasteiger partial charge in [-0.15, -0.1) is 0 Å². The molecule has 2 rings (SSSR count). The van der Waals surface area contributed by atoms with Crippen LogP contribution in [0.3, 0.4) is 0 Å². The Morgan fingerprint density at radius 2 is 1.94 bits per heavy atom. The van der Waals surface area contributed by atoms with Gasteiger partial charge in [-0.05, 0) is 38.1 Å². The SMILES string of the molecule is NNc1cccc(CN2CCCCCC2)n1. The van der Waals surface area contributed by atoms with E-state index in [0.29, 0.717) is 0 Å². The Bertz CT molecular complexity index is 319. The highest BCUT2D eigenvalue weighted by Crippen LogP contribution is 2.13. The molecule has 1 saturated heterocycles. The Balaban J connectivity index is 1.96. The molecule has 1 aliphatic rings. The molecule has 4 nitrogen and oxygen atoms in total. The van der Waals surface area contributed by atoms with Gasteiger partial charge >= 0.3 is 0 Å². The fourth-order valence-corrected chi connectivity index (χ4v) is 2.17. The second-order valence-electron chi connectivity index (χ2n) is 4.35. The van der Waals surface area contributed by atoms with Gasteiger partial charge in [0.2, 0.25) is 0 Å². The van der Waals surface area contributed by atoms with Gasteiger partial charge in [-0.25, -0.2) is 10.8 Å². The molecule has 1 aromatic heterocycles. The highest BCUT2D eigenvalue weighted by atomic mass is 15.3. The third kappa shape index (κ3) is 3.18. The molecule has 0 spiro atoms. The molecule has 0 radical (unpaired) electrons. The number of pyridine rings is 1. The number of nitrogens with zero attached hydrogens (tertiary/aromatic N) is 2. The Kier molecular flexibility index (Phi) is 4.13. The molecular formula is C12H20N4. The van der Waals surface area contributed by atoms with Crippen molar-refractivity contribution in [2.75, 3.05) is 18.5 Å². The standard InChI is InChI=1S/C12H20N4/c13-15-12-7-5-6-11(14-12)10-16-8-3-1-2-4-9-16/h5-7H,1-4,8-10,13H2,(H,14,15). The first-order chi connectivity index (χ1) is 7.88. The van der Waals surface area contributed by atoms with E-state index in [1.54, 1.807) is 0 Å². The van der Waals surface area contributed by atoms with E-state index in [2.05, 4.69) is 21.4 Å². The lowest BCUT2D eigenvalue weighted by Crippen LogP contribution is -2.24. The molecule has 0 unspecified atom stereocenters. The van der Waals surface area contributed by atoms with Crippen LogP contribution in [0.15, 0.2) is 18.2 Å². The highest BCUT2D eigenvalue weighted by molar-refractivity contribution is 5.33. The zero-order valence-corrected chi connectivity index (χ0v) is 9.65. The van der Waals surface area contributed by atoms with Gasteiger partial charge in [-0.1, -0.05) is 18.9 Å². The minimum absolute atomic E-state index is 0.743. The lowest BCUT2D eigenvalue weighted by molar-refractivity contribution is 0.274. The third-order valence-electron chi connectivity index (χ3n) is 3.04. The van der Waals surface area contributed by atoms with Crippen LogP contribution < -0.4 is 11.3 Å². The van der Waals surface area contributed by atoms with Crippen LogP contribution in [0.2, 0.25) is 0 Å². The number of nitrogens with one attached hydrogen (secondary N) is 1. The Labute approximate surface area is 96.8 Å². The molecule has 0 amide bonds. The van der Waals surface area contributed by atoms with Crippen LogP contribution in [0.4, 0.5) is 5.82 Å². The van der Waals surface area contributed by atoms with Gasteiger partial charge in [0.1, 0.15) is 5.82 Å². The summed E-state index contributed by atoms with van der Waals surface area (Å²) in [5.74, 6) is 6.09. The zero-order valence-electron chi connectivity index (χ0n) is 9.65. The summed E-state index contributed by atoms with van der Waals surface area (Å²) in [5, 5.41) is 0. The fourth-order valence-electron chi connectivity index (χ4n) is 2.17. The van der Waals surface area contributed by atoms with Crippen molar-refractivity contribution >= 4 is 5.82 Å². The summed E-state index contributed by atoms with van der Waals surface area (Å²) in [7, 11) is 0. The Morgan fingerprint density at radius 3 is 2.62 bits per heavy atom. The summed E-state index contributed by atoms with van der Waals surface area (Å²) >= 11 is 0. The summed E-state index contributed by atoms with van der Waals surface area (Å²) < 4.78 is 0. The van der Waals surface area contributed by atoms with Crippen molar-refractivity contribution in [2.24, 2.45) is 5.84 Å². The normalized spacial score (nSPS) is 18.1. The zero-order chi connectivity index (χ0) is 11.2. The molecule has 16 heavy (non-hydrogen) atoms. The van der Waals surface area contributed by atoms with Gasteiger partial charge in [-0.3, -0.25) is 4.90 Å². The topological polar surface area (TPSA) is 54.2 Å². The average molecular weight is 220 g/mol. The van der Waals surface area contributed by atoms with E-state index in [4.69, 9.17) is 5.84 Å². The largest absolute Gasteiger partial charge is 0.308 e. The number of hydrazine groups is 1. The van der Waals surface area contributed by atoms with Gasteiger partial charge in [0.25, 0.3) is 0 Å². The molecule has 3 N–H and O–H groups in total. The monoisotopic (exact) mass is 220 g/mol. The molecule has 88 valence electrons. The Morgan fingerprint density at radius 1 is 1.19 bits per heavy atom. The Hall–Kier alpha value is -1.13. The molecule has 2 heterocycles. The fraction of sp³-hybridized carbons (Fsp3) is 0.583. The van der Waals surface area contributed by atoms with Crippen LogP contribution >= 0.6 is 0 Å². The summed E-state index contributed by atoms with van der Waals surface area (Å²) in [6.07, 6.45) is 5.37. The first-order valence-corrected chi connectivity index (χ1v) is 6.03. The maximum absolute atomic E-state index is 5.35. The van der Waals surface area contributed by atoms with Gasteiger partial charge in [0, 0.05) is 6.54 Å². The van der Waals surface area contributed by atoms with E-state index in [0.717, 1.165) is 18.1 Å². The van der Waals surface area contributed by atoms with Crippen LogP contribution in [0, 0.1) is 0 Å². The second kappa shape index (κ2) is 5.82. The minimum Gasteiger partial charge on any atom is -0.308 e. The molecule has 0 saturated carbocycles. The summed E-state index contributed by atoms with van der Waals surface area (Å²) in [5.41, 5.74) is 3.68. The van der Waals surface area contributed by atoms with E-state index in [1.807, 2.05) is 12.1 Å². The molecule has 1 fully saturated rings. The van der Waals surface area contributed by atoms with Crippen molar-refractivity contribution in [2.45, 2.75) is 32.2 Å². The van der Waals surface area contributed by atoms with Gasteiger partial charge in [0.05, 0.1) is 5.69 Å². The van der Waals surface area contributed by atoms with Gasteiger partial charge in [-0.2, -0.15) is 0 Å². The van der Waals surface area contributed by atoms with E-state index in [-0.39, 0.29) is 0 Å². The first kappa shape index (κ1) is 11.4. The predicted molar refractivity (Wildman–Crippen MR) is 65.8 cm³/mol. The van der Waals surface area contributed by atoms with Crippen molar-refractivity contribution in [1.29, 1.82) is 0 Å². The molecule has 0 bridgehead atoms. The van der Waals surface area contributed by atoms with Crippen LogP contribution in [0.25, 0.3) is 0 Å². The van der Waals surface area contributed by atoms with Crippen LogP contribution in [-0.4, -0.2) is 23.0 Å². The van der Waals surface area contributed by atoms with Crippen molar-refractivity contribution in [3.63, 3.8) is 0 Å². The van der Waals surface area contributed by atoms with Gasteiger partial charge < -0.3 is 5.43 Å². The lowest BCUT2D eigenvalue weighted by Gasteiger charge is -2.19. The van der Waals surface area contributed by atoms with Crippen molar-refractivity contribution in [1.82, 2.24) is 9.88 Å². The third-order valence-corrected chi connectivity index (χ3v) is 3.04. The van der Waals surface area contributed by atoms with Crippen molar-refractivity contribution in [3.05, 3.63) is 23.9 Å². The molecule has 1 aliphatic heterocycles. The van der Waals surface area contributed by atoms with E-state index >= 15 is 0 Å². The number of aromatic nitrogens is 1. The van der Waals surface area contributed by atoms with Crippen LogP contribution in [-0.2, 0) is 6.54 Å². The molecule has 0 aliphatic carbocycles. The molecule has 4 heteroatoms. The molecule has 0 atom stereocenters. The first-order valence-electron chi connectivity index (χ1n) is 6.03. The smallest absolute Gasteiger partial charge is 0.140 e. The van der Waals surface area contributed by atoms with E-state index < -0.39 is 0 Å². The molecule has 1 aromatic rings. The molecule has 0 aromatic carbocycles. The van der Waals surface area contributed by atoms with Crippen molar-refractivity contribution < 1.29 is 0 Å². The van der Waals surface area contributed by atoms with Crippen molar-refractivity contribution in [3.8, 4) is 0 Å². The van der Waals surface area contributed by atoms with Crippen LogP contribution in [0.1, 0.15) is 31.4 Å². The maximum Gasteiger partial charge on any atom is 0.140 e. The number of anilines is 1. The summed E-state index contributed by atoms with van der Waals surface area (Å²) in [6.45, 7) is 3.33. The number of nitrogen functional groups attached to an aromatic ring is 1. The number of hydrogen-bond acceptors (Lipinski definition) is 4. The highest BCUT2D eigenvalue weighted by Gasteiger charge is 2.09. The number of likely N-dealkylation sites (tertiary alicyclic amines) is 1. The van der Waals surface area contributed by atoms with Crippen LogP contribution in [0.5, 0.6) is 0 Å². The average Bonchev–Trinajstić information content (AvgIpc) is 2.58. The summed E-state index contributed by atoms with van der Waals surface area (Å²) in [6, 6.07) is 5.94. The number of hydrogen-bond donors (Lipinski definition) is 2. The van der Waals surface area contributed by atoms with Gasteiger partial charge in [0.15, 0.2) is 0 Å². The van der Waals surface area contributed by atoms with E-state index in [1.165, 1.54) is 38.8 Å². The predicted octanol–water partition coefficient (Wildman–Crippen LogP) is 1.74. The second-order valence-corrected chi connectivity index (χ2v) is 4.35.